The van der Waals surface area contributed by atoms with Crippen LogP contribution in [-0.2, 0) is 0 Å². The van der Waals surface area contributed by atoms with E-state index in [9.17, 15) is 0 Å². The highest BCUT2D eigenvalue weighted by atomic mass is 14.1. The fourth-order valence-corrected chi connectivity index (χ4v) is 3.24. The van der Waals surface area contributed by atoms with Gasteiger partial charge in [-0.15, -0.1) is 0 Å². The van der Waals surface area contributed by atoms with Crippen LogP contribution < -0.4 is 0 Å². The lowest BCUT2D eigenvalue weighted by molar-refractivity contribution is 0.935. The van der Waals surface area contributed by atoms with E-state index in [1.165, 1.54) is 17.6 Å². The topological polar surface area (TPSA) is 0 Å². The van der Waals surface area contributed by atoms with Crippen molar-refractivity contribution in [3.05, 3.63) is 113 Å². The van der Waals surface area contributed by atoms with Gasteiger partial charge in [-0.1, -0.05) is 66.2 Å². The first-order valence-electron chi connectivity index (χ1n) is 9.36. The Balaban J connectivity index is 1.70. The summed E-state index contributed by atoms with van der Waals surface area (Å²) in [6, 6.07) is 26.6. The van der Waals surface area contributed by atoms with E-state index in [1.54, 1.807) is 0 Å². The second-order valence-corrected chi connectivity index (χ2v) is 6.61. The average Bonchev–Trinajstić information content (AvgIpc) is 3.27. The van der Waals surface area contributed by atoms with Gasteiger partial charge in [0.15, 0.2) is 0 Å². The minimum atomic E-state index is 1.03. The molecule has 27 heavy (non-hydrogen) atoms. The Labute approximate surface area is 161 Å². The normalized spacial score (nSPS) is 12.4. The predicted molar refractivity (Wildman–Crippen MR) is 113 cm³/mol. The molecule has 0 unspecified atom stereocenters. The van der Waals surface area contributed by atoms with Crippen LogP contribution in [0.5, 0.6) is 0 Å². The number of allylic oxidation sites excluding steroid dienone is 2. The van der Waals surface area contributed by atoms with E-state index in [1.807, 2.05) is 60.7 Å². The molecule has 0 spiro atoms. The first kappa shape index (κ1) is 17.0. The molecule has 1 aliphatic carbocycles. The van der Waals surface area contributed by atoms with Crippen LogP contribution in [0.4, 0.5) is 0 Å². The molecular formula is C27H20. The fraction of sp³-hybridized carbons (Fsp3) is 0.111. The fourth-order valence-electron chi connectivity index (χ4n) is 3.24. The van der Waals surface area contributed by atoms with Crippen molar-refractivity contribution in [1.82, 2.24) is 0 Å². The summed E-state index contributed by atoms with van der Waals surface area (Å²) in [5.41, 5.74) is 6.82. The smallest absolute Gasteiger partial charge is 0.0324 e. The lowest BCUT2D eigenvalue weighted by atomic mass is 9.96. The lowest BCUT2D eigenvalue weighted by Gasteiger charge is -2.07. The average molecular weight is 344 g/mol. The van der Waals surface area contributed by atoms with E-state index in [0.717, 1.165) is 35.1 Å². The molecular weight excluding hydrogens is 324 g/mol. The van der Waals surface area contributed by atoms with Gasteiger partial charge in [-0.2, -0.15) is 0 Å². The Morgan fingerprint density at radius 2 is 1.22 bits per heavy atom. The van der Waals surface area contributed by atoms with Crippen LogP contribution in [0.2, 0.25) is 0 Å². The highest BCUT2D eigenvalue weighted by Gasteiger charge is 2.11. The number of hydrogen-bond donors (Lipinski definition) is 0. The third kappa shape index (κ3) is 4.38. The second-order valence-electron chi connectivity index (χ2n) is 6.61. The number of rotatable bonds is 1. The lowest BCUT2D eigenvalue weighted by Crippen LogP contribution is -1.90. The van der Waals surface area contributed by atoms with Gasteiger partial charge in [0.2, 0.25) is 0 Å². The molecule has 128 valence electrons. The SMILES string of the molecule is C(#Cc1ccc(C#Cc2ccccc2)c(C2=CCCC2)c1)c1ccccc1. The van der Waals surface area contributed by atoms with Crippen molar-refractivity contribution in [3.63, 3.8) is 0 Å². The van der Waals surface area contributed by atoms with E-state index in [4.69, 9.17) is 0 Å². The van der Waals surface area contributed by atoms with Crippen LogP contribution in [0.1, 0.15) is 47.1 Å². The molecule has 0 heterocycles. The van der Waals surface area contributed by atoms with Gasteiger partial charge in [-0.05, 0) is 72.9 Å². The van der Waals surface area contributed by atoms with Crippen molar-refractivity contribution < 1.29 is 0 Å². The maximum atomic E-state index is 3.37. The third-order valence-electron chi connectivity index (χ3n) is 4.65. The summed E-state index contributed by atoms with van der Waals surface area (Å²) in [7, 11) is 0. The molecule has 0 aromatic heterocycles. The zero-order valence-corrected chi connectivity index (χ0v) is 15.2. The Bertz CT molecular complexity index is 1080. The zero-order valence-electron chi connectivity index (χ0n) is 15.2. The first-order chi connectivity index (χ1) is 13.4. The number of hydrogen-bond acceptors (Lipinski definition) is 0. The predicted octanol–water partition coefficient (Wildman–Crippen LogP) is 6.05. The highest BCUT2D eigenvalue weighted by Crippen LogP contribution is 2.30. The van der Waals surface area contributed by atoms with Crippen molar-refractivity contribution in [3.8, 4) is 23.7 Å². The molecule has 4 rings (SSSR count). The van der Waals surface area contributed by atoms with Crippen molar-refractivity contribution in [2.75, 3.05) is 0 Å². The second kappa shape index (κ2) is 8.27. The largest absolute Gasteiger partial charge is 0.0807 e. The zero-order chi connectivity index (χ0) is 18.3. The molecule has 0 saturated heterocycles. The van der Waals surface area contributed by atoms with Crippen molar-refractivity contribution in [2.45, 2.75) is 19.3 Å². The summed E-state index contributed by atoms with van der Waals surface area (Å²) in [5.74, 6) is 13.2. The van der Waals surface area contributed by atoms with Crippen molar-refractivity contribution in [1.29, 1.82) is 0 Å². The summed E-state index contributed by atoms with van der Waals surface area (Å²) < 4.78 is 0. The summed E-state index contributed by atoms with van der Waals surface area (Å²) >= 11 is 0. The molecule has 0 saturated carbocycles. The Kier molecular flexibility index (Phi) is 5.19. The molecule has 0 nitrogen and oxygen atoms in total. The maximum absolute atomic E-state index is 3.37. The van der Waals surface area contributed by atoms with Crippen LogP contribution in [0.25, 0.3) is 5.57 Å². The Hall–Kier alpha value is -3.48. The van der Waals surface area contributed by atoms with Gasteiger partial charge in [-0.25, -0.2) is 0 Å². The quantitative estimate of drug-likeness (QED) is 0.471. The molecule has 0 amide bonds. The van der Waals surface area contributed by atoms with Crippen LogP contribution in [0.15, 0.2) is 84.9 Å². The Morgan fingerprint density at radius 1 is 0.593 bits per heavy atom. The van der Waals surface area contributed by atoms with Gasteiger partial charge in [0.1, 0.15) is 0 Å². The summed E-state index contributed by atoms with van der Waals surface area (Å²) in [6.07, 6.45) is 5.84. The third-order valence-corrected chi connectivity index (χ3v) is 4.65. The standard InChI is InChI=1S/C27H20/c1-3-9-22(10-4-1)15-16-24-18-20-26(19-17-23-11-5-2-6-12-23)27(21-24)25-13-7-8-14-25/h1-6,9-13,18,20-21H,7-8,14H2. The monoisotopic (exact) mass is 344 g/mol. The minimum Gasteiger partial charge on any atom is -0.0807 e. The Morgan fingerprint density at radius 3 is 1.85 bits per heavy atom. The molecule has 1 aliphatic rings. The molecule has 0 atom stereocenters. The van der Waals surface area contributed by atoms with Gasteiger partial charge in [0.05, 0.1) is 0 Å². The van der Waals surface area contributed by atoms with E-state index in [2.05, 4.69) is 48.0 Å². The molecule has 3 aromatic carbocycles. The van der Waals surface area contributed by atoms with Crippen molar-refractivity contribution in [2.24, 2.45) is 0 Å². The summed E-state index contributed by atoms with van der Waals surface area (Å²) in [4.78, 5) is 0. The van der Waals surface area contributed by atoms with Crippen LogP contribution >= 0.6 is 0 Å². The molecule has 3 aromatic rings. The molecule has 0 fully saturated rings. The highest BCUT2D eigenvalue weighted by molar-refractivity contribution is 5.74. The van der Waals surface area contributed by atoms with E-state index >= 15 is 0 Å². The summed E-state index contributed by atoms with van der Waals surface area (Å²) in [5, 5.41) is 0. The van der Waals surface area contributed by atoms with E-state index < -0.39 is 0 Å². The molecule has 0 N–H and O–H groups in total. The van der Waals surface area contributed by atoms with Gasteiger partial charge in [-0.3, -0.25) is 0 Å². The maximum Gasteiger partial charge on any atom is 0.0324 e. The van der Waals surface area contributed by atoms with Gasteiger partial charge >= 0.3 is 0 Å². The number of benzene rings is 3. The molecule has 0 radical (unpaired) electrons. The van der Waals surface area contributed by atoms with Gasteiger partial charge in [0.25, 0.3) is 0 Å². The minimum absolute atomic E-state index is 1.03. The van der Waals surface area contributed by atoms with Crippen LogP contribution in [0, 0.1) is 23.7 Å². The van der Waals surface area contributed by atoms with Gasteiger partial charge < -0.3 is 0 Å². The molecule has 0 aliphatic heterocycles. The van der Waals surface area contributed by atoms with E-state index in [0.29, 0.717) is 0 Å². The molecule has 0 bridgehead atoms. The van der Waals surface area contributed by atoms with E-state index in [-0.39, 0.29) is 0 Å². The van der Waals surface area contributed by atoms with Crippen molar-refractivity contribution >= 4 is 5.57 Å². The van der Waals surface area contributed by atoms with Crippen LogP contribution in [0.3, 0.4) is 0 Å². The van der Waals surface area contributed by atoms with Crippen LogP contribution in [-0.4, -0.2) is 0 Å². The molecule has 0 heteroatoms. The van der Waals surface area contributed by atoms with Gasteiger partial charge in [0, 0.05) is 22.3 Å². The first-order valence-corrected chi connectivity index (χ1v) is 9.36. The summed E-state index contributed by atoms with van der Waals surface area (Å²) in [6.45, 7) is 0.